The van der Waals surface area contributed by atoms with Gasteiger partial charge in [0.1, 0.15) is 0 Å². The first-order chi connectivity index (χ1) is 14.3. The fraction of sp³-hybridized carbons (Fsp3) is 0.429. The molecule has 162 valence electrons. The van der Waals surface area contributed by atoms with Crippen LogP contribution in [0, 0.1) is 11.8 Å². The van der Waals surface area contributed by atoms with Gasteiger partial charge in [0.2, 0.25) is 15.9 Å². The highest BCUT2D eigenvalue weighted by Gasteiger charge is 2.31. The minimum absolute atomic E-state index is 0.0794. The largest absolute Gasteiger partial charge is 0.459 e. The summed E-state index contributed by atoms with van der Waals surface area (Å²) in [7, 11) is -3.55. The molecule has 9 heteroatoms. The van der Waals surface area contributed by atoms with E-state index in [0.29, 0.717) is 30.6 Å². The van der Waals surface area contributed by atoms with Gasteiger partial charge in [-0.1, -0.05) is 13.8 Å². The van der Waals surface area contributed by atoms with Crippen molar-refractivity contribution in [3.05, 3.63) is 48.4 Å². The summed E-state index contributed by atoms with van der Waals surface area (Å²) >= 11 is 0. The third kappa shape index (κ3) is 5.48. The molecule has 3 rings (SSSR count). The maximum atomic E-state index is 12.9. The second-order valence-corrected chi connectivity index (χ2v) is 9.76. The summed E-state index contributed by atoms with van der Waals surface area (Å²) in [4.78, 5) is 24.0. The van der Waals surface area contributed by atoms with Gasteiger partial charge in [-0.3, -0.25) is 9.59 Å². The number of benzene rings is 1. The fourth-order valence-corrected chi connectivity index (χ4v) is 5.35. The van der Waals surface area contributed by atoms with Gasteiger partial charge in [-0.25, -0.2) is 8.42 Å². The Morgan fingerprint density at radius 2 is 1.77 bits per heavy atom. The molecule has 1 aromatic heterocycles. The number of rotatable bonds is 7. The summed E-state index contributed by atoms with van der Waals surface area (Å²) in [5.74, 6) is 0.170. The van der Waals surface area contributed by atoms with Gasteiger partial charge in [-0.2, -0.15) is 4.31 Å². The zero-order chi connectivity index (χ0) is 21.7. The van der Waals surface area contributed by atoms with Crippen LogP contribution in [0.5, 0.6) is 0 Å². The van der Waals surface area contributed by atoms with E-state index in [4.69, 9.17) is 4.42 Å². The topological polar surface area (TPSA) is 109 Å². The van der Waals surface area contributed by atoms with Crippen LogP contribution in [0.4, 0.5) is 5.69 Å². The zero-order valence-electron chi connectivity index (χ0n) is 17.1. The molecular weight excluding hydrogens is 406 g/mol. The molecule has 2 aromatic rings. The Morgan fingerprint density at radius 3 is 2.37 bits per heavy atom. The normalized spacial score (nSPS) is 19.9. The lowest BCUT2D eigenvalue weighted by atomic mass is 9.94. The summed E-state index contributed by atoms with van der Waals surface area (Å²) in [5.41, 5.74) is 0.497. The Balaban J connectivity index is 1.52. The van der Waals surface area contributed by atoms with Gasteiger partial charge in [-0.15, -0.1) is 0 Å². The highest BCUT2D eigenvalue weighted by atomic mass is 32.2. The lowest BCUT2D eigenvalue weighted by Crippen LogP contribution is -2.42. The van der Waals surface area contributed by atoms with E-state index in [0.717, 1.165) is 6.42 Å². The number of anilines is 1. The molecule has 0 saturated carbocycles. The lowest BCUT2D eigenvalue weighted by Gasteiger charge is -2.34. The molecule has 0 unspecified atom stereocenters. The Hall–Kier alpha value is -2.65. The molecule has 0 bridgehead atoms. The van der Waals surface area contributed by atoms with E-state index in [9.17, 15) is 18.0 Å². The first-order valence-corrected chi connectivity index (χ1v) is 11.4. The molecule has 2 heterocycles. The molecule has 1 aliphatic rings. The SMILES string of the molecule is C[C@@H]1C[C@H](C)CN(S(=O)(=O)c2ccc(NC(=O)CCNC(=O)c3ccco3)cc2)C1. The van der Waals surface area contributed by atoms with Crippen molar-refractivity contribution in [3.8, 4) is 0 Å². The summed E-state index contributed by atoms with van der Waals surface area (Å²) in [6, 6.07) is 9.31. The maximum Gasteiger partial charge on any atom is 0.286 e. The van der Waals surface area contributed by atoms with Crippen molar-refractivity contribution >= 4 is 27.5 Å². The van der Waals surface area contributed by atoms with Gasteiger partial charge < -0.3 is 15.1 Å². The van der Waals surface area contributed by atoms with Crippen LogP contribution < -0.4 is 10.6 Å². The smallest absolute Gasteiger partial charge is 0.286 e. The molecule has 2 atom stereocenters. The molecule has 1 saturated heterocycles. The van der Waals surface area contributed by atoms with E-state index in [-0.39, 0.29) is 35.4 Å². The van der Waals surface area contributed by atoms with Gasteiger partial charge in [0.25, 0.3) is 5.91 Å². The quantitative estimate of drug-likeness (QED) is 0.698. The van der Waals surface area contributed by atoms with Crippen LogP contribution in [-0.2, 0) is 14.8 Å². The van der Waals surface area contributed by atoms with Crippen molar-refractivity contribution in [2.24, 2.45) is 11.8 Å². The molecule has 30 heavy (non-hydrogen) atoms. The second kappa shape index (κ2) is 9.44. The number of hydrogen-bond donors (Lipinski definition) is 2. The van der Waals surface area contributed by atoms with Crippen LogP contribution in [0.15, 0.2) is 52.0 Å². The first-order valence-electron chi connectivity index (χ1n) is 9.97. The zero-order valence-corrected chi connectivity index (χ0v) is 17.9. The van der Waals surface area contributed by atoms with Crippen LogP contribution in [0.25, 0.3) is 0 Å². The third-order valence-corrected chi connectivity index (χ3v) is 6.84. The van der Waals surface area contributed by atoms with Crippen molar-refractivity contribution in [2.45, 2.75) is 31.6 Å². The number of nitrogens with zero attached hydrogens (tertiary/aromatic N) is 1. The average Bonchev–Trinajstić information content (AvgIpc) is 3.22. The predicted octanol–water partition coefficient (Wildman–Crippen LogP) is 2.70. The average molecular weight is 434 g/mol. The van der Waals surface area contributed by atoms with E-state index >= 15 is 0 Å². The van der Waals surface area contributed by atoms with Crippen LogP contribution in [0.2, 0.25) is 0 Å². The first kappa shape index (κ1) is 22.0. The number of nitrogens with one attached hydrogen (secondary N) is 2. The molecule has 1 aliphatic heterocycles. The summed E-state index contributed by atoms with van der Waals surface area (Å²) < 4.78 is 32.3. The van der Waals surface area contributed by atoms with E-state index < -0.39 is 10.0 Å². The van der Waals surface area contributed by atoms with Gasteiger partial charge in [-0.05, 0) is 54.7 Å². The minimum Gasteiger partial charge on any atom is -0.459 e. The number of carbonyl (C=O) groups is 2. The summed E-state index contributed by atoms with van der Waals surface area (Å²) in [5, 5.41) is 5.30. The summed E-state index contributed by atoms with van der Waals surface area (Å²) in [6.07, 6.45) is 2.51. The van der Waals surface area contributed by atoms with Crippen molar-refractivity contribution in [3.63, 3.8) is 0 Å². The number of carbonyl (C=O) groups excluding carboxylic acids is 2. The van der Waals surface area contributed by atoms with Gasteiger partial charge >= 0.3 is 0 Å². The molecule has 8 nitrogen and oxygen atoms in total. The highest BCUT2D eigenvalue weighted by Crippen LogP contribution is 2.27. The van der Waals surface area contributed by atoms with Crippen LogP contribution >= 0.6 is 0 Å². The Morgan fingerprint density at radius 1 is 1.10 bits per heavy atom. The van der Waals surface area contributed by atoms with E-state index in [1.165, 1.54) is 24.5 Å². The molecular formula is C21H27N3O5S. The predicted molar refractivity (Wildman–Crippen MR) is 112 cm³/mol. The van der Waals surface area contributed by atoms with Crippen molar-refractivity contribution in [1.82, 2.24) is 9.62 Å². The molecule has 1 aromatic carbocycles. The van der Waals surface area contributed by atoms with Crippen molar-refractivity contribution in [1.29, 1.82) is 0 Å². The molecule has 2 N–H and O–H groups in total. The number of sulfonamides is 1. The minimum atomic E-state index is -3.55. The van der Waals surface area contributed by atoms with Crippen molar-refractivity contribution < 1.29 is 22.4 Å². The van der Waals surface area contributed by atoms with E-state index in [1.54, 1.807) is 22.5 Å². The Bertz CT molecular complexity index is 961. The number of amides is 2. The van der Waals surface area contributed by atoms with E-state index in [1.807, 2.05) is 0 Å². The fourth-order valence-electron chi connectivity index (χ4n) is 3.67. The third-order valence-electron chi connectivity index (χ3n) is 4.99. The van der Waals surface area contributed by atoms with Crippen LogP contribution in [0.1, 0.15) is 37.2 Å². The Labute approximate surface area is 176 Å². The number of furan rings is 1. The van der Waals surface area contributed by atoms with E-state index in [2.05, 4.69) is 24.5 Å². The van der Waals surface area contributed by atoms with Gasteiger partial charge in [0, 0.05) is 31.7 Å². The number of piperidine rings is 1. The van der Waals surface area contributed by atoms with Crippen LogP contribution in [-0.4, -0.2) is 44.2 Å². The Kier molecular flexibility index (Phi) is 6.94. The lowest BCUT2D eigenvalue weighted by molar-refractivity contribution is -0.116. The molecule has 0 radical (unpaired) electrons. The molecule has 1 fully saturated rings. The second-order valence-electron chi connectivity index (χ2n) is 7.82. The molecule has 0 aliphatic carbocycles. The van der Waals surface area contributed by atoms with Gasteiger partial charge in [0.05, 0.1) is 11.2 Å². The van der Waals surface area contributed by atoms with Gasteiger partial charge in [0.15, 0.2) is 5.76 Å². The maximum absolute atomic E-state index is 12.9. The molecule has 2 amide bonds. The monoisotopic (exact) mass is 433 g/mol. The number of hydrogen-bond acceptors (Lipinski definition) is 5. The standard InChI is InChI=1S/C21H27N3O5S/c1-15-12-16(2)14-24(13-15)30(27,28)18-7-5-17(6-8-18)23-20(25)9-10-22-21(26)19-4-3-11-29-19/h3-8,11,15-16H,9-10,12-14H2,1-2H3,(H,22,26)(H,23,25)/t15-,16+. The van der Waals surface area contributed by atoms with Crippen LogP contribution in [0.3, 0.4) is 0 Å². The highest BCUT2D eigenvalue weighted by molar-refractivity contribution is 7.89. The summed E-state index contributed by atoms with van der Waals surface area (Å²) in [6.45, 7) is 5.33. The molecule has 0 spiro atoms. The van der Waals surface area contributed by atoms with Crippen molar-refractivity contribution in [2.75, 3.05) is 25.0 Å².